The Hall–Kier alpha value is -3.43. The Balaban J connectivity index is 1.19. The molecule has 1 fully saturated rings. The maximum absolute atomic E-state index is 12.6. The second-order valence-electron chi connectivity index (χ2n) is 7.90. The number of nitrogens with zero attached hydrogens (tertiary/aromatic N) is 4. The van der Waals surface area contributed by atoms with Crippen LogP contribution < -0.4 is 4.74 Å². The van der Waals surface area contributed by atoms with Gasteiger partial charge >= 0.3 is 12.1 Å². The van der Waals surface area contributed by atoms with E-state index in [4.69, 9.17) is 9.84 Å². The number of aromatic nitrogens is 2. The van der Waals surface area contributed by atoms with Gasteiger partial charge in [0.05, 0.1) is 11.3 Å². The van der Waals surface area contributed by atoms with Gasteiger partial charge in [0, 0.05) is 62.0 Å². The minimum absolute atomic E-state index is 0.174. The summed E-state index contributed by atoms with van der Waals surface area (Å²) in [6.45, 7) is 3.15. The van der Waals surface area contributed by atoms with E-state index in [1.54, 1.807) is 41.2 Å². The number of pyridine rings is 2. The van der Waals surface area contributed by atoms with Crippen molar-refractivity contribution < 1.29 is 19.4 Å². The molecule has 3 heterocycles. The van der Waals surface area contributed by atoms with Crippen molar-refractivity contribution in [2.24, 2.45) is 0 Å². The number of amides is 1. The van der Waals surface area contributed by atoms with Crippen molar-refractivity contribution in [3.63, 3.8) is 0 Å². The number of carboxylic acids is 1. The molecule has 0 spiro atoms. The van der Waals surface area contributed by atoms with Crippen LogP contribution in [0.2, 0.25) is 0 Å². The molecule has 1 amide bonds. The molecule has 2 aromatic heterocycles. The van der Waals surface area contributed by atoms with Crippen molar-refractivity contribution >= 4 is 23.8 Å². The summed E-state index contributed by atoms with van der Waals surface area (Å²) >= 11 is 1.79. The number of hydrogen-bond acceptors (Lipinski definition) is 7. The van der Waals surface area contributed by atoms with Crippen LogP contribution in [0, 0.1) is 0 Å². The zero-order chi connectivity index (χ0) is 23.8. The maximum atomic E-state index is 12.6. The molecule has 0 unspecified atom stereocenters. The Morgan fingerprint density at radius 1 is 0.971 bits per heavy atom. The highest BCUT2D eigenvalue weighted by Gasteiger charge is 2.23. The van der Waals surface area contributed by atoms with Crippen LogP contribution in [0.5, 0.6) is 5.75 Å². The number of aryl methyl sites for hydroxylation is 1. The van der Waals surface area contributed by atoms with E-state index in [9.17, 15) is 9.59 Å². The van der Waals surface area contributed by atoms with E-state index in [0.717, 1.165) is 17.9 Å². The van der Waals surface area contributed by atoms with E-state index >= 15 is 0 Å². The predicted molar refractivity (Wildman–Crippen MR) is 129 cm³/mol. The highest BCUT2D eigenvalue weighted by molar-refractivity contribution is 7.99. The summed E-state index contributed by atoms with van der Waals surface area (Å²) in [5.41, 5.74) is 2.17. The Morgan fingerprint density at radius 3 is 2.35 bits per heavy atom. The molecule has 8 nitrogen and oxygen atoms in total. The summed E-state index contributed by atoms with van der Waals surface area (Å²) in [6, 6.07) is 15.0. The van der Waals surface area contributed by atoms with Gasteiger partial charge in [0.1, 0.15) is 5.75 Å². The molecule has 0 radical (unpaired) electrons. The summed E-state index contributed by atoms with van der Waals surface area (Å²) in [4.78, 5) is 36.8. The van der Waals surface area contributed by atoms with E-state index in [0.29, 0.717) is 38.5 Å². The number of aromatic carboxylic acids is 1. The van der Waals surface area contributed by atoms with Crippen LogP contribution in [0.1, 0.15) is 21.6 Å². The fraction of sp³-hybridized carbons (Fsp3) is 0.280. The first-order valence-electron chi connectivity index (χ1n) is 11.1. The molecule has 0 aliphatic carbocycles. The van der Waals surface area contributed by atoms with Gasteiger partial charge in [-0.1, -0.05) is 12.1 Å². The van der Waals surface area contributed by atoms with E-state index in [1.807, 2.05) is 36.4 Å². The van der Waals surface area contributed by atoms with Gasteiger partial charge in [0.25, 0.3) is 0 Å². The van der Waals surface area contributed by atoms with Crippen molar-refractivity contribution in [1.82, 2.24) is 19.8 Å². The molecule has 34 heavy (non-hydrogen) atoms. The van der Waals surface area contributed by atoms with Crippen molar-refractivity contribution in [2.45, 2.75) is 17.9 Å². The molecule has 0 saturated carbocycles. The largest absolute Gasteiger partial charge is 0.478 e. The second kappa shape index (κ2) is 11.6. The monoisotopic (exact) mass is 478 g/mol. The molecule has 1 saturated heterocycles. The van der Waals surface area contributed by atoms with Gasteiger partial charge in [-0.05, 0) is 48.4 Å². The predicted octanol–water partition coefficient (Wildman–Crippen LogP) is 3.83. The number of hydrogen-bond donors (Lipinski definition) is 1. The molecule has 1 N–H and O–H groups in total. The summed E-state index contributed by atoms with van der Waals surface area (Å²) in [5.74, 6) is 0.522. The number of piperazine rings is 1. The van der Waals surface area contributed by atoms with Gasteiger partial charge in [-0.2, -0.15) is 0 Å². The molecular formula is C25H26N4O4S. The average Bonchev–Trinajstić information content (AvgIpc) is 2.86. The standard InChI is InChI=1S/C25H26N4O4S/c30-24(31)20-3-4-21(27-17-20)18-28-12-14-29(15-13-28)25(32)33-22-5-1-19(2-6-22)9-16-34-23-7-10-26-11-8-23/h1-8,10-11,17H,9,12-16,18H2,(H,30,31). The van der Waals surface area contributed by atoms with Crippen LogP contribution in [0.4, 0.5) is 4.79 Å². The lowest BCUT2D eigenvalue weighted by molar-refractivity contribution is 0.0696. The molecule has 3 aromatic rings. The number of carbonyl (C=O) groups is 2. The van der Waals surface area contributed by atoms with Crippen LogP contribution in [0.25, 0.3) is 0 Å². The summed E-state index contributed by atoms with van der Waals surface area (Å²) in [6.07, 6.45) is 5.55. The average molecular weight is 479 g/mol. The number of thioether (sulfide) groups is 1. The third kappa shape index (κ3) is 6.79. The van der Waals surface area contributed by atoms with E-state index in [1.165, 1.54) is 16.7 Å². The molecule has 4 rings (SSSR count). The summed E-state index contributed by atoms with van der Waals surface area (Å²) in [5, 5.41) is 8.97. The smallest absolute Gasteiger partial charge is 0.415 e. The third-order valence-corrected chi connectivity index (χ3v) is 6.54. The third-order valence-electron chi connectivity index (χ3n) is 5.53. The minimum Gasteiger partial charge on any atom is -0.478 e. The van der Waals surface area contributed by atoms with Crippen LogP contribution in [-0.4, -0.2) is 68.9 Å². The number of benzene rings is 1. The molecule has 1 aliphatic heterocycles. The normalized spacial score (nSPS) is 14.1. The first-order chi connectivity index (χ1) is 16.6. The second-order valence-corrected chi connectivity index (χ2v) is 9.07. The van der Waals surface area contributed by atoms with Crippen LogP contribution in [0.15, 0.2) is 72.0 Å². The van der Waals surface area contributed by atoms with Crippen molar-refractivity contribution in [2.75, 3.05) is 31.9 Å². The van der Waals surface area contributed by atoms with Crippen molar-refractivity contribution in [3.05, 3.63) is 83.9 Å². The van der Waals surface area contributed by atoms with Gasteiger partial charge in [-0.3, -0.25) is 14.9 Å². The van der Waals surface area contributed by atoms with Crippen molar-refractivity contribution in [1.29, 1.82) is 0 Å². The minimum atomic E-state index is -0.985. The Bertz CT molecular complexity index is 1090. The van der Waals surface area contributed by atoms with Gasteiger partial charge in [-0.15, -0.1) is 11.8 Å². The molecule has 1 aliphatic rings. The lowest BCUT2D eigenvalue weighted by Gasteiger charge is -2.33. The van der Waals surface area contributed by atoms with E-state index < -0.39 is 5.97 Å². The SMILES string of the molecule is O=C(O)c1ccc(CN2CCN(C(=O)Oc3ccc(CCSc4ccncc4)cc3)CC2)nc1. The summed E-state index contributed by atoms with van der Waals surface area (Å²) in [7, 11) is 0. The fourth-order valence-electron chi connectivity index (χ4n) is 3.57. The highest BCUT2D eigenvalue weighted by Crippen LogP contribution is 2.20. The van der Waals surface area contributed by atoms with Gasteiger partial charge in [-0.25, -0.2) is 9.59 Å². The zero-order valence-corrected chi connectivity index (χ0v) is 19.5. The molecular weight excluding hydrogens is 452 g/mol. The maximum Gasteiger partial charge on any atom is 0.415 e. The van der Waals surface area contributed by atoms with Crippen LogP contribution in [0.3, 0.4) is 0 Å². The topological polar surface area (TPSA) is 95.9 Å². The first kappa shape index (κ1) is 23.7. The Kier molecular flexibility index (Phi) is 8.11. The lowest BCUT2D eigenvalue weighted by atomic mass is 10.2. The number of ether oxygens (including phenoxy) is 1. The Morgan fingerprint density at radius 2 is 1.71 bits per heavy atom. The lowest BCUT2D eigenvalue weighted by Crippen LogP contribution is -2.49. The van der Waals surface area contributed by atoms with Crippen LogP contribution >= 0.6 is 11.8 Å². The van der Waals surface area contributed by atoms with Gasteiger partial charge < -0.3 is 14.7 Å². The first-order valence-corrected chi connectivity index (χ1v) is 12.0. The molecule has 1 aromatic carbocycles. The Labute approximate surface area is 202 Å². The van der Waals surface area contributed by atoms with Crippen LogP contribution in [-0.2, 0) is 13.0 Å². The van der Waals surface area contributed by atoms with Gasteiger partial charge in [0.15, 0.2) is 0 Å². The zero-order valence-electron chi connectivity index (χ0n) is 18.7. The number of carbonyl (C=O) groups excluding carboxylic acids is 1. The van der Waals surface area contributed by atoms with Crippen molar-refractivity contribution in [3.8, 4) is 5.75 Å². The quantitative estimate of drug-likeness (QED) is 0.488. The highest BCUT2D eigenvalue weighted by atomic mass is 32.2. The number of carboxylic acid groups (broad SMARTS) is 1. The molecule has 9 heteroatoms. The van der Waals surface area contributed by atoms with Gasteiger partial charge in [0.2, 0.25) is 0 Å². The summed E-state index contributed by atoms with van der Waals surface area (Å²) < 4.78 is 5.56. The molecule has 0 bridgehead atoms. The molecule has 0 atom stereocenters. The fourth-order valence-corrected chi connectivity index (χ4v) is 4.46. The molecule has 176 valence electrons. The van der Waals surface area contributed by atoms with E-state index in [-0.39, 0.29) is 11.7 Å². The van der Waals surface area contributed by atoms with E-state index in [2.05, 4.69) is 14.9 Å². The number of rotatable bonds is 8.